The van der Waals surface area contributed by atoms with Crippen molar-refractivity contribution in [3.05, 3.63) is 48.0 Å². The van der Waals surface area contributed by atoms with Crippen LogP contribution < -0.4 is 16.0 Å². The van der Waals surface area contributed by atoms with Gasteiger partial charge in [-0.05, 0) is 43.0 Å². The second-order valence-electron chi connectivity index (χ2n) is 7.86. The third kappa shape index (κ3) is 4.40. The van der Waals surface area contributed by atoms with Crippen molar-refractivity contribution in [2.24, 2.45) is 4.99 Å². The molecular weight excluding hydrogens is 378 g/mol. The maximum absolute atomic E-state index is 12.4. The summed E-state index contributed by atoms with van der Waals surface area (Å²) in [6.07, 6.45) is 1.22. The van der Waals surface area contributed by atoms with E-state index in [0.717, 1.165) is 0 Å². The number of carbonyl (C=O) groups excluding carboxylic acids is 2. The summed E-state index contributed by atoms with van der Waals surface area (Å²) in [5, 5.41) is 11.9. The highest BCUT2D eigenvalue weighted by Crippen LogP contribution is 2.24. The number of guanidine groups is 1. The molecule has 2 unspecified atom stereocenters. The minimum atomic E-state index is -0.782. The molecule has 2 aromatic rings. The lowest BCUT2D eigenvalue weighted by molar-refractivity contribution is -0.130. The van der Waals surface area contributed by atoms with Crippen molar-refractivity contribution in [1.82, 2.24) is 20.9 Å². The van der Waals surface area contributed by atoms with Crippen LogP contribution in [-0.4, -0.2) is 48.5 Å². The molecule has 2 aromatic carbocycles. The monoisotopic (exact) mass is 409 g/mol. The van der Waals surface area contributed by atoms with Crippen molar-refractivity contribution in [3.8, 4) is 0 Å². The van der Waals surface area contributed by atoms with Crippen LogP contribution in [0.1, 0.15) is 45.2 Å². The van der Waals surface area contributed by atoms with Crippen molar-refractivity contribution in [1.29, 1.82) is 0 Å². The summed E-state index contributed by atoms with van der Waals surface area (Å²) in [4.78, 5) is 30.1. The fourth-order valence-electron chi connectivity index (χ4n) is 3.74. The van der Waals surface area contributed by atoms with Crippen LogP contribution in [0.5, 0.6) is 0 Å². The second-order valence-corrected chi connectivity index (χ2v) is 7.86. The number of nitrogens with one attached hydrogen (secondary N) is 3. The standard InChI is InChI=1S/C23H31N5O2/c1-5-23(3)20(29)28(22(30)27-23)15-9-14-25-21(24-4)26-16(2)18-13-8-11-17-10-6-7-12-19(17)18/h6-8,10-13,16H,5,9,14-15H2,1-4H3,(H,27,30)(H2,24,25,26). The lowest BCUT2D eigenvalue weighted by atomic mass is 9.99. The highest BCUT2D eigenvalue weighted by atomic mass is 16.2. The van der Waals surface area contributed by atoms with Crippen LogP contribution in [0.25, 0.3) is 10.8 Å². The van der Waals surface area contributed by atoms with E-state index in [1.807, 2.05) is 19.1 Å². The first kappa shape index (κ1) is 21.6. The number of nitrogens with zero attached hydrogens (tertiary/aromatic N) is 2. The molecule has 30 heavy (non-hydrogen) atoms. The first-order valence-corrected chi connectivity index (χ1v) is 10.5. The Morgan fingerprint density at radius 1 is 1.20 bits per heavy atom. The molecule has 0 spiro atoms. The van der Waals surface area contributed by atoms with Crippen molar-refractivity contribution in [2.45, 2.75) is 45.2 Å². The number of hydrogen-bond acceptors (Lipinski definition) is 3. The van der Waals surface area contributed by atoms with E-state index in [-0.39, 0.29) is 18.0 Å². The molecule has 1 heterocycles. The van der Waals surface area contributed by atoms with Gasteiger partial charge in [0.05, 0.1) is 6.04 Å². The summed E-state index contributed by atoms with van der Waals surface area (Å²) >= 11 is 0. The molecule has 0 saturated carbocycles. The molecule has 0 aromatic heterocycles. The van der Waals surface area contributed by atoms with Crippen LogP contribution in [0.4, 0.5) is 4.79 Å². The minimum absolute atomic E-state index is 0.0681. The predicted molar refractivity (Wildman–Crippen MR) is 120 cm³/mol. The summed E-state index contributed by atoms with van der Waals surface area (Å²) < 4.78 is 0. The van der Waals surface area contributed by atoms with E-state index in [9.17, 15) is 9.59 Å². The van der Waals surface area contributed by atoms with E-state index in [0.29, 0.717) is 31.9 Å². The van der Waals surface area contributed by atoms with Crippen LogP contribution in [0.2, 0.25) is 0 Å². The Labute approximate surface area is 177 Å². The van der Waals surface area contributed by atoms with Gasteiger partial charge in [0, 0.05) is 20.1 Å². The Morgan fingerprint density at radius 2 is 1.93 bits per heavy atom. The Bertz CT molecular complexity index is 952. The fourth-order valence-corrected chi connectivity index (χ4v) is 3.74. The lowest BCUT2D eigenvalue weighted by Gasteiger charge is -2.21. The predicted octanol–water partition coefficient (Wildman–Crippen LogP) is 3.18. The molecule has 0 aliphatic carbocycles. The first-order valence-electron chi connectivity index (χ1n) is 10.5. The molecule has 3 rings (SSSR count). The van der Waals surface area contributed by atoms with Crippen LogP contribution in [0.15, 0.2) is 47.5 Å². The number of benzene rings is 2. The third-order valence-corrected chi connectivity index (χ3v) is 5.77. The molecule has 7 heteroatoms. The summed E-state index contributed by atoms with van der Waals surface area (Å²) in [6.45, 7) is 6.75. The number of amides is 3. The summed E-state index contributed by atoms with van der Waals surface area (Å²) in [7, 11) is 1.73. The van der Waals surface area contributed by atoms with Gasteiger partial charge in [0.1, 0.15) is 5.54 Å². The highest BCUT2D eigenvalue weighted by molar-refractivity contribution is 6.06. The van der Waals surface area contributed by atoms with Gasteiger partial charge in [-0.15, -0.1) is 0 Å². The van der Waals surface area contributed by atoms with Gasteiger partial charge in [0.2, 0.25) is 0 Å². The molecule has 160 valence electrons. The number of carbonyl (C=O) groups is 2. The summed E-state index contributed by atoms with van der Waals surface area (Å²) in [5.41, 5.74) is 0.421. The lowest BCUT2D eigenvalue weighted by Crippen LogP contribution is -2.43. The maximum atomic E-state index is 12.4. The molecule has 7 nitrogen and oxygen atoms in total. The summed E-state index contributed by atoms with van der Waals surface area (Å²) in [5.74, 6) is 0.535. The fraction of sp³-hybridized carbons (Fsp3) is 0.435. The number of fused-ring (bicyclic) bond motifs is 1. The molecule has 3 amide bonds. The van der Waals surface area contributed by atoms with Gasteiger partial charge in [0.25, 0.3) is 5.91 Å². The van der Waals surface area contributed by atoms with Crippen molar-refractivity contribution in [3.63, 3.8) is 0 Å². The quantitative estimate of drug-likeness (QED) is 0.284. The molecule has 1 fully saturated rings. The van der Waals surface area contributed by atoms with Crippen molar-refractivity contribution in [2.75, 3.05) is 20.1 Å². The number of aliphatic imine (C=N–C) groups is 1. The van der Waals surface area contributed by atoms with Crippen molar-refractivity contribution >= 4 is 28.7 Å². The Balaban J connectivity index is 1.53. The molecule has 3 N–H and O–H groups in total. The molecule has 1 aliphatic heterocycles. The minimum Gasteiger partial charge on any atom is -0.356 e. The zero-order valence-electron chi connectivity index (χ0n) is 18.2. The zero-order valence-corrected chi connectivity index (χ0v) is 18.2. The topological polar surface area (TPSA) is 85.8 Å². The average Bonchev–Trinajstić information content (AvgIpc) is 2.98. The van der Waals surface area contributed by atoms with Gasteiger partial charge in [0.15, 0.2) is 5.96 Å². The Kier molecular flexibility index (Phi) is 6.59. The van der Waals surface area contributed by atoms with E-state index in [4.69, 9.17) is 0 Å². The maximum Gasteiger partial charge on any atom is 0.325 e. The van der Waals surface area contributed by atoms with E-state index in [2.05, 4.69) is 58.2 Å². The van der Waals surface area contributed by atoms with Crippen molar-refractivity contribution < 1.29 is 9.59 Å². The zero-order chi connectivity index (χ0) is 21.7. The second kappa shape index (κ2) is 9.15. The molecule has 2 atom stereocenters. The number of rotatable bonds is 7. The summed E-state index contributed by atoms with van der Waals surface area (Å²) in [6, 6.07) is 14.4. The van der Waals surface area contributed by atoms with Crippen LogP contribution >= 0.6 is 0 Å². The van der Waals surface area contributed by atoms with Gasteiger partial charge >= 0.3 is 6.03 Å². The van der Waals surface area contributed by atoms with E-state index < -0.39 is 5.54 Å². The molecule has 1 saturated heterocycles. The Morgan fingerprint density at radius 3 is 2.63 bits per heavy atom. The Hall–Kier alpha value is -3.09. The SMILES string of the molecule is CCC1(C)NC(=O)N(CCCNC(=NC)NC(C)c2cccc3ccccc23)C1=O. The molecule has 1 aliphatic rings. The van der Waals surface area contributed by atoms with Gasteiger partial charge in [-0.1, -0.05) is 49.4 Å². The van der Waals surface area contributed by atoms with Crippen LogP contribution in [-0.2, 0) is 4.79 Å². The van der Waals surface area contributed by atoms with E-state index in [1.165, 1.54) is 21.2 Å². The number of hydrogen-bond donors (Lipinski definition) is 3. The number of imide groups is 1. The van der Waals surface area contributed by atoms with Gasteiger partial charge in [-0.25, -0.2) is 4.79 Å². The highest BCUT2D eigenvalue weighted by Gasteiger charge is 2.45. The van der Waals surface area contributed by atoms with Gasteiger partial charge < -0.3 is 16.0 Å². The van der Waals surface area contributed by atoms with E-state index >= 15 is 0 Å². The molecule has 0 bridgehead atoms. The van der Waals surface area contributed by atoms with Gasteiger partial charge in [-0.3, -0.25) is 14.7 Å². The van der Waals surface area contributed by atoms with Crippen LogP contribution in [0.3, 0.4) is 0 Å². The molecular formula is C23H31N5O2. The third-order valence-electron chi connectivity index (χ3n) is 5.77. The van der Waals surface area contributed by atoms with E-state index in [1.54, 1.807) is 14.0 Å². The average molecular weight is 410 g/mol. The van der Waals surface area contributed by atoms with Crippen LogP contribution in [0, 0.1) is 0 Å². The largest absolute Gasteiger partial charge is 0.356 e. The number of urea groups is 1. The first-order chi connectivity index (χ1) is 14.4. The normalized spacial score (nSPS) is 20.4. The smallest absolute Gasteiger partial charge is 0.325 e. The molecule has 0 radical (unpaired) electrons. The van der Waals surface area contributed by atoms with Gasteiger partial charge in [-0.2, -0.15) is 0 Å².